The lowest BCUT2D eigenvalue weighted by molar-refractivity contribution is 0.00967. The van der Waals surface area contributed by atoms with Gasteiger partial charge in [0.15, 0.2) is 0 Å². The van der Waals surface area contributed by atoms with Crippen molar-refractivity contribution >= 4 is 0 Å². The Morgan fingerprint density at radius 3 is 2.56 bits per heavy atom. The molecule has 3 nitrogen and oxygen atoms in total. The second-order valence-corrected chi connectivity index (χ2v) is 5.05. The van der Waals surface area contributed by atoms with Gasteiger partial charge in [-0.1, -0.05) is 6.92 Å². The van der Waals surface area contributed by atoms with E-state index >= 15 is 0 Å². The van der Waals surface area contributed by atoms with Crippen LogP contribution in [0.1, 0.15) is 39.5 Å². The van der Waals surface area contributed by atoms with Crippen molar-refractivity contribution in [1.82, 2.24) is 5.32 Å². The number of methoxy groups -OCH3 is 1. The molecule has 0 spiro atoms. The molecule has 0 aromatic rings. The summed E-state index contributed by atoms with van der Waals surface area (Å²) in [5.74, 6) is 0.927. The van der Waals surface area contributed by atoms with Crippen molar-refractivity contribution in [3.05, 3.63) is 0 Å². The highest BCUT2D eigenvalue weighted by Gasteiger charge is 2.17. The van der Waals surface area contributed by atoms with Gasteiger partial charge >= 0.3 is 0 Å². The van der Waals surface area contributed by atoms with Crippen LogP contribution in [-0.4, -0.2) is 39.0 Å². The highest BCUT2D eigenvalue weighted by Crippen LogP contribution is 2.23. The van der Waals surface area contributed by atoms with E-state index in [-0.39, 0.29) is 6.10 Å². The number of hydrogen-bond donors (Lipinski definition) is 1. The SMILES string of the molecule is COCC(C)OCCNC1CCC(C)CC1. The molecular weight excluding hydrogens is 202 g/mol. The van der Waals surface area contributed by atoms with Gasteiger partial charge in [0, 0.05) is 19.7 Å². The summed E-state index contributed by atoms with van der Waals surface area (Å²) in [4.78, 5) is 0. The Balaban J connectivity index is 1.95. The molecule has 96 valence electrons. The monoisotopic (exact) mass is 229 g/mol. The van der Waals surface area contributed by atoms with Gasteiger partial charge in [-0.05, 0) is 38.5 Å². The lowest BCUT2D eigenvalue weighted by atomic mass is 9.87. The Morgan fingerprint density at radius 2 is 1.94 bits per heavy atom. The first-order chi connectivity index (χ1) is 7.72. The van der Waals surface area contributed by atoms with Gasteiger partial charge in [-0.15, -0.1) is 0 Å². The number of ether oxygens (including phenoxy) is 2. The van der Waals surface area contributed by atoms with Gasteiger partial charge in [0.25, 0.3) is 0 Å². The summed E-state index contributed by atoms with van der Waals surface area (Å²) >= 11 is 0. The minimum absolute atomic E-state index is 0.207. The zero-order chi connectivity index (χ0) is 11.8. The van der Waals surface area contributed by atoms with Crippen LogP contribution in [-0.2, 0) is 9.47 Å². The van der Waals surface area contributed by atoms with Crippen molar-refractivity contribution in [2.24, 2.45) is 5.92 Å². The molecule has 0 heterocycles. The first-order valence-electron chi connectivity index (χ1n) is 6.56. The van der Waals surface area contributed by atoms with Crippen molar-refractivity contribution < 1.29 is 9.47 Å². The lowest BCUT2D eigenvalue weighted by Crippen LogP contribution is -2.35. The molecule has 0 saturated heterocycles. The quantitative estimate of drug-likeness (QED) is 0.679. The van der Waals surface area contributed by atoms with Crippen LogP contribution >= 0.6 is 0 Å². The molecule has 0 amide bonds. The molecule has 0 aromatic heterocycles. The van der Waals surface area contributed by atoms with Gasteiger partial charge in [0.1, 0.15) is 0 Å². The summed E-state index contributed by atoms with van der Waals surface area (Å²) in [6.07, 6.45) is 5.61. The molecular formula is C13H27NO2. The van der Waals surface area contributed by atoms with Crippen LogP contribution in [0.25, 0.3) is 0 Å². The predicted molar refractivity (Wildman–Crippen MR) is 66.7 cm³/mol. The molecule has 0 aromatic carbocycles. The molecule has 1 fully saturated rings. The maximum atomic E-state index is 5.61. The first kappa shape index (κ1) is 13.9. The average molecular weight is 229 g/mol. The molecule has 1 aliphatic carbocycles. The number of rotatable bonds is 7. The summed E-state index contributed by atoms with van der Waals surface area (Å²) in [7, 11) is 1.71. The molecule has 1 unspecified atom stereocenters. The molecule has 1 aliphatic rings. The van der Waals surface area contributed by atoms with Crippen LogP contribution in [0, 0.1) is 5.92 Å². The minimum atomic E-state index is 0.207. The second kappa shape index (κ2) is 8.04. The third kappa shape index (κ3) is 5.83. The van der Waals surface area contributed by atoms with E-state index in [9.17, 15) is 0 Å². The third-order valence-electron chi connectivity index (χ3n) is 3.35. The molecule has 3 heteroatoms. The summed E-state index contributed by atoms with van der Waals surface area (Å²) in [5.41, 5.74) is 0. The highest BCUT2D eigenvalue weighted by molar-refractivity contribution is 4.74. The van der Waals surface area contributed by atoms with Crippen LogP contribution in [0.5, 0.6) is 0 Å². The van der Waals surface area contributed by atoms with Crippen LogP contribution in [0.4, 0.5) is 0 Å². The summed E-state index contributed by atoms with van der Waals surface area (Å²) in [6, 6.07) is 0.720. The summed E-state index contributed by atoms with van der Waals surface area (Å²) in [6.45, 7) is 6.84. The van der Waals surface area contributed by atoms with Crippen LogP contribution in [0.3, 0.4) is 0 Å². The van der Waals surface area contributed by atoms with E-state index in [1.54, 1.807) is 7.11 Å². The molecule has 1 rings (SSSR count). The van der Waals surface area contributed by atoms with Crippen LogP contribution < -0.4 is 5.32 Å². The van der Waals surface area contributed by atoms with Gasteiger partial charge in [-0.3, -0.25) is 0 Å². The molecule has 16 heavy (non-hydrogen) atoms. The van der Waals surface area contributed by atoms with E-state index in [1.807, 2.05) is 6.92 Å². The van der Waals surface area contributed by atoms with Gasteiger partial charge in [-0.25, -0.2) is 0 Å². The molecule has 1 atom stereocenters. The molecule has 1 N–H and O–H groups in total. The van der Waals surface area contributed by atoms with Crippen LogP contribution in [0.15, 0.2) is 0 Å². The van der Waals surface area contributed by atoms with E-state index < -0.39 is 0 Å². The van der Waals surface area contributed by atoms with Crippen molar-refractivity contribution in [3.8, 4) is 0 Å². The molecule has 1 saturated carbocycles. The van der Waals surface area contributed by atoms with Gasteiger partial charge in [0.05, 0.1) is 19.3 Å². The van der Waals surface area contributed by atoms with Crippen molar-refractivity contribution in [3.63, 3.8) is 0 Å². The fourth-order valence-electron chi connectivity index (χ4n) is 2.27. The van der Waals surface area contributed by atoms with Crippen molar-refractivity contribution in [2.75, 3.05) is 26.9 Å². The number of nitrogens with one attached hydrogen (secondary N) is 1. The van der Waals surface area contributed by atoms with E-state index in [0.29, 0.717) is 6.61 Å². The number of hydrogen-bond acceptors (Lipinski definition) is 3. The maximum absolute atomic E-state index is 5.61. The summed E-state index contributed by atoms with van der Waals surface area (Å²) < 4.78 is 10.6. The lowest BCUT2D eigenvalue weighted by Gasteiger charge is -2.27. The van der Waals surface area contributed by atoms with Gasteiger partial charge < -0.3 is 14.8 Å². The van der Waals surface area contributed by atoms with Gasteiger partial charge in [-0.2, -0.15) is 0 Å². The second-order valence-electron chi connectivity index (χ2n) is 5.05. The Hall–Kier alpha value is -0.120. The largest absolute Gasteiger partial charge is 0.382 e. The van der Waals surface area contributed by atoms with Crippen molar-refractivity contribution in [1.29, 1.82) is 0 Å². The third-order valence-corrected chi connectivity index (χ3v) is 3.35. The standard InChI is InChI=1S/C13H27NO2/c1-11-4-6-13(7-5-11)14-8-9-16-12(2)10-15-3/h11-14H,4-10H2,1-3H3. The Bertz CT molecular complexity index is 167. The Morgan fingerprint density at radius 1 is 1.25 bits per heavy atom. The smallest absolute Gasteiger partial charge is 0.0780 e. The normalized spacial score (nSPS) is 27.9. The fourth-order valence-corrected chi connectivity index (χ4v) is 2.27. The van der Waals surface area contributed by atoms with E-state index in [2.05, 4.69) is 12.2 Å². The minimum Gasteiger partial charge on any atom is -0.382 e. The first-order valence-corrected chi connectivity index (χ1v) is 6.56. The van der Waals surface area contributed by atoms with E-state index in [4.69, 9.17) is 9.47 Å². The van der Waals surface area contributed by atoms with Crippen LogP contribution in [0.2, 0.25) is 0 Å². The Labute approximate surface area is 99.9 Å². The van der Waals surface area contributed by atoms with E-state index in [0.717, 1.165) is 25.1 Å². The van der Waals surface area contributed by atoms with Gasteiger partial charge in [0.2, 0.25) is 0 Å². The highest BCUT2D eigenvalue weighted by atomic mass is 16.5. The Kier molecular flexibility index (Phi) is 7.01. The zero-order valence-electron chi connectivity index (χ0n) is 11.0. The summed E-state index contributed by atoms with van der Waals surface area (Å²) in [5, 5.41) is 3.57. The topological polar surface area (TPSA) is 30.5 Å². The zero-order valence-corrected chi connectivity index (χ0v) is 11.0. The molecule has 0 bridgehead atoms. The van der Waals surface area contributed by atoms with Crippen molar-refractivity contribution in [2.45, 2.75) is 51.7 Å². The predicted octanol–water partition coefficient (Wildman–Crippen LogP) is 2.21. The fraction of sp³-hybridized carbons (Fsp3) is 1.00. The molecule has 0 aliphatic heterocycles. The molecule has 0 radical (unpaired) electrons. The average Bonchev–Trinajstić information content (AvgIpc) is 2.27. The maximum Gasteiger partial charge on any atom is 0.0780 e. The van der Waals surface area contributed by atoms with E-state index in [1.165, 1.54) is 25.7 Å².